The van der Waals surface area contributed by atoms with Crippen LogP contribution < -0.4 is 14.8 Å². The maximum Gasteiger partial charge on any atom is 0.255 e. The van der Waals surface area contributed by atoms with Crippen molar-refractivity contribution in [3.63, 3.8) is 0 Å². The molecule has 0 aliphatic heterocycles. The number of para-hydroxylation sites is 1. The Kier molecular flexibility index (Phi) is 4.03. The zero-order valence-electron chi connectivity index (χ0n) is 10.8. The van der Waals surface area contributed by atoms with Crippen molar-refractivity contribution >= 4 is 11.6 Å². The van der Waals surface area contributed by atoms with Crippen LogP contribution in [0.3, 0.4) is 0 Å². The Labute approximate surface area is 112 Å². The molecular formula is C15H15NO3. The number of methoxy groups -OCH3 is 2. The summed E-state index contributed by atoms with van der Waals surface area (Å²) in [6, 6.07) is 14.3. The summed E-state index contributed by atoms with van der Waals surface area (Å²) in [6.07, 6.45) is 0. The topological polar surface area (TPSA) is 47.6 Å². The Hall–Kier alpha value is -2.49. The van der Waals surface area contributed by atoms with E-state index in [2.05, 4.69) is 5.32 Å². The third-order valence-corrected chi connectivity index (χ3v) is 2.69. The molecule has 0 bridgehead atoms. The van der Waals surface area contributed by atoms with E-state index in [0.29, 0.717) is 22.7 Å². The van der Waals surface area contributed by atoms with Crippen molar-refractivity contribution in [1.82, 2.24) is 0 Å². The van der Waals surface area contributed by atoms with Crippen LogP contribution in [0.1, 0.15) is 10.4 Å². The molecule has 0 spiro atoms. The largest absolute Gasteiger partial charge is 0.493 e. The molecule has 2 aromatic rings. The highest BCUT2D eigenvalue weighted by Crippen LogP contribution is 2.34. The van der Waals surface area contributed by atoms with Crippen molar-refractivity contribution in [2.75, 3.05) is 19.5 Å². The van der Waals surface area contributed by atoms with E-state index in [1.54, 1.807) is 37.4 Å². The summed E-state index contributed by atoms with van der Waals surface area (Å²) >= 11 is 0. The van der Waals surface area contributed by atoms with Gasteiger partial charge in [0.25, 0.3) is 5.91 Å². The van der Waals surface area contributed by atoms with E-state index in [1.165, 1.54) is 7.11 Å². The third kappa shape index (κ3) is 2.85. The average molecular weight is 257 g/mol. The first kappa shape index (κ1) is 13.0. The zero-order chi connectivity index (χ0) is 13.7. The number of benzene rings is 2. The highest BCUT2D eigenvalue weighted by molar-refractivity contribution is 6.05. The SMILES string of the molecule is COc1cccc(NC(=O)c2ccccc2)c1OC. The lowest BCUT2D eigenvalue weighted by atomic mass is 10.2. The first-order chi connectivity index (χ1) is 9.26. The summed E-state index contributed by atoms with van der Waals surface area (Å²) in [5.41, 5.74) is 1.17. The Morgan fingerprint density at radius 1 is 0.947 bits per heavy atom. The van der Waals surface area contributed by atoms with Crippen LogP contribution in [-0.4, -0.2) is 20.1 Å². The van der Waals surface area contributed by atoms with Gasteiger partial charge in [-0.05, 0) is 24.3 Å². The molecule has 0 aliphatic rings. The quantitative estimate of drug-likeness (QED) is 0.916. The van der Waals surface area contributed by atoms with Gasteiger partial charge in [0, 0.05) is 5.56 Å². The molecule has 0 saturated carbocycles. The summed E-state index contributed by atoms with van der Waals surface area (Å²) in [4.78, 5) is 12.1. The minimum absolute atomic E-state index is 0.188. The molecule has 4 heteroatoms. The van der Waals surface area contributed by atoms with E-state index in [0.717, 1.165) is 0 Å². The highest BCUT2D eigenvalue weighted by atomic mass is 16.5. The molecule has 0 aromatic heterocycles. The second-order valence-corrected chi connectivity index (χ2v) is 3.86. The van der Waals surface area contributed by atoms with Gasteiger partial charge in [-0.15, -0.1) is 0 Å². The highest BCUT2D eigenvalue weighted by Gasteiger charge is 2.12. The van der Waals surface area contributed by atoms with E-state index >= 15 is 0 Å². The van der Waals surface area contributed by atoms with Gasteiger partial charge in [-0.2, -0.15) is 0 Å². The molecule has 4 nitrogen and oxygen atoms in total. The number of rotatable bonds is 4. The van der Waals surface area contributed by atoms with Crippen LogP contribution in [0.25, 0.3) is 0 Å². The van der Waals surface area contributed by atoms with Crippen LogP contribution in [0.15, 0.2) is 48.5 Å². The van der Waals surface area contributed by atoms with Crippen LogP contribution in [0.4, 0.5) is 5.69 Å². The fourth-order valence-corrected chi connectivity index (χ4v) is 1.77. The lowest BCUT2D eigenvalue weighted by molar-refractivity contribution is 0.102. The minimum atomic E-state index is -0.188. The maximum absolute atomic E-state index is 12.1. The van der Waals surface area contributed by atoms with Gasteiger partial charge in [-0.3, -0.25) is 4.79 Å². The van der Waals surface area contributed by atoms with Gasteiger partial charge in [0.05, 0.1) is 19.9 Å². The van der Waals surface area contributed by atoms with Gasteiger partial charge in [-0.25, -0.2) is 0 Å². The molecule has 2 rings (SSSR count). The molecule has 19 heavy (non-hydrogen) atoms. The molecule has 1 amide bonds. The van der Waals surface area contributed by atoms with Crippen molar-refractivity contribution in [3.8, 4) is 11.5 Å². The third-order valence-electron chi connectivity index (χ3n) is 2.69. The van der Waals surface area contributed by atoms with E-state index in [-0.39, 0.29) is 5.91 Å². The molecule has 0 fully saturated rings. The Morgan fingerprint density at radius 3 is 2.32 bits per heavy atom. The smallest absolute Gasteiger partial charge is 0.255 e. The lowest BCUT2D eigenvalue weighted by Gasteiger charge is -2.13. The minimum Gasteiger partial charge on any atom is -0.493 e. The number of amides is 1. The van der Waals surface area contributed by atoms with Gasteiger partial charge in [0.2, 0.25) is 0 Å². The molecule has 0 radical (unpaired) electrons. The molecule has 2 aromatic carbocycles. The number of ether oxygens (including phenoxy) is 2. The van der Waals surface area contributed by atoms with Gasteiger partial charge in [0.1, 0.15) is 0 Å². The van der Waals surface area contributed by atoms with Gasteiger partial charge >= 0.3 is 0 Å². The van der Waals surface area contributed by atoms with Crippen LogP contribution in [0, 0.1) is 0 Å². The predicted molar refractivity (Wildman–Crippen MR) is 73.9 cm³/mol. The average Bonchev–Trinajstić information content (AvgIpc) is 2.47. The Bertz CT molecular complexity index is 567. The molecule has 0 atom stereocenters. The number of carbonyl (C=O) groups is 1. The Balaban J connectivity index is 2.26. The summed E-state index contributed by atoms with van der Waals surface area (Å²) in [7, 11) is 3.09. The van der Waals surface area contributed by atoms with Crippen molar-refractivity contribution in [1.29, 1.82) is 0 Å². The molecule has 0 saturated heterocycles. The van der Waals surface area contributed by atoms with Crippen molar-refractivity contribution < 1.29 is 14.3 Å². The van der Waals surface area contributed by atoms with Gasteiger partial charge < -0.3 is 14.8 Å². The van der Waals surface area contributed by atoms with Crippen LogP contribution in [-0.2, 0) is 0 Å². The van der Waals surface area contributed by atoms with E-state index in [9.17, 15) is 4.79 Å². The van der Waals surface area contributed by atoms with Gasteiger partial charge in [-0.1, -0.05) is 24.3 Å². The van der Waals surface area contributed by atoms with E-state index < -0.39 is 0 Å². The van der Waals surface area contributed by atoms with Crippen molar-refractivity contribution in [3.05, 3.63) is 54.1 Å². The fraction of sp³-hybridized carbons (Fsp3) is 0.133. The number of anilines is 1. The maximum atomic E-state index is 12.1. The number of nitrogens with one attached hydrogen (secondary N) is 1. The lowest BCUT2D eigenvalue weighted by Crippen LogP contribution is -2.12. The standard InChI is InChI=1S/C15H15NO3/c1-18-13-10-6-9-12(14(13)19-2)16-15(17)11-7-4-3-5-8-11/h3-10H,1-2H3,(H,16,17). The van der Waals surface area contributed by atoms with E-state index in [4.69, 9.17) is 9.47 Å². The molecule has 1 N–H and O–H groups in total. The van der Waals surface area contributed by atoms with Gasteiger partial charge in [0.15, 0.2) is 11.5 Å². The van der Waals surface area contributed by atoms with Crippen molar-refractivity contribution in [2.45, 2.75) is 0 Å². The summed E-state index contributed by atoms with van der Waals surface area (Å²) in [5.74, 6) is 0.898. The summed E-state index contributed by atoms with van der Waals surface area (Å²) in [6.45, 7) is 0. The second-order valence-electron chi connectivity index (χ2n) is 3.86. The van der Waals surface area contributed by atoms with Crippen LogP contribution in [0.5, 0.6) is 11.5 Å². The number of hydrogen-bond donors (Lipinski definition) is 1. The van der Waals surface area contributed by atoms with Crippen LogP contribution in [0.2, 0.25) is 0 Å². The first-order valence-electron chi connectivity index (χ1n) is 5.83. The molecule has 0 unspecified atom stereocenters. The first-order valence-corrected chi connectivity index (χ1v) is 5.83. The molecule has 0 aliphatic carbocycles. The molecule has 98 valence electrons. The second kappa shape index (κ2) is 5.91. The number of carbonyl (C=O) groups excluding carboxylic acids is 1. The zero-order valence-corrected chi connectivity index (χ0v) is 10.8. The normalized spacial score (nSPS) is 9.79. The monoisotopic (exact) mass is 257 g/mol. The Morgan fingerprint density at radius 2 is 1.68 bits per heavy atom. The van der Waals surface area contributed by atoms with Crippen LogP contribution >= 0.6 is 0 Å². The molecule has 0 heterocycles. The van der Waals surface area contributed by atoms with E-state index in [1.807, 2.05) is 18.2 Å². The summed E-state index contributed by atoms with van der Waals surface area (Å²) < 4.78 is 10.5. The summed E-state index contributed by atoms with van der Waals surface area (Å²) in [5, 5.41) is 2.81. The fourth-order valence-electron chi connectivity index (χ4n) is 1.77. The van der Waals surface area contributed by atoms with Crippen molar-refractivity contribution in [2.24, 2.45) is 0 Å². The predicted octanol–water partition coefficient (Wildman–Crippen LogP) is 2.96. The number of hydrogen-bond acceptors (Lipinski definition) is 3. The molecular weight excluding hydrogens is 242 g/mol.